The average molecular weight is 429 g/mol. The SMILES string of the molecule is N#Cc1cc(Cl)cc(-c2ccc3c(c2)CNCCN3c2ccc(C(F)(F)F)cc2)n1. The number of aromatic nitrogens is 1. The lowest BCUT2D eigenvalue weighted by Crippen LogP contribution is -2.24. The molecule has 30 heavy (non-hydrogen) atoms. The lowest BCUT2D eigenvalue weighted by atomic mass is 10.0. The van der Waals surface area contributed by atoms with Crippen molar-refractivity contribution in [3.63, 3.8) is 0 Å². The molecule has 0 spiro atoms. The van der Waals surface area contributed by atoms with Gasteiger partial charge in [-0.3, -0.25) is 0 Å². The van der Waals surface area contributed by atoms with E-state index >= 15 is 0 Å². The first-order valence-electron chi connectivity index (χ1n) is 9.21. The van der Waals surface area contributed by atoms with Gasteiger partial charge in [0.15, 0.2) is 0 Å². The zero-order valence-corrected chi connectivity index (χ0v) is 16.4. The molecular weight excluding hydrogens is 413 g/mol. The first kappa shape index (κ1) is 20.2. The van der Waals surface area contributed by atoms with E-state index < -0.39 is 11.7 Å². The van der Waals surface area contributed by atoms with E-state index in [2.05, 4.69) is 10.3 Å². The van der Waals surface area contributed by atoms with Crippen molar-refractivity contribution in [2.24, 2.45) is 0 Å². The Balaban J connectivity index is 1.72. The third-order valence-corrected chi connectivity index (χ3v) is 5.12. The Hall–Kier alpha value is -3.08. The van der Waals surface area contributed by atoms with Crippen LogP contribution in [0.15, 0.2) is 54.6 Å². The van der Waals surface area contributed by atoms with Gasteiger partial charge in [0.2, 0.25) is 0 Å². The molecule has 2 aromatic carbocycles. The van der Waals surface area contributed by atoms with Crippen LogP contribution in [-0.2, 0) is 12.7 Å². The van der Waals surface area contributed by atoms with Gasteiger partial charge in [0.1, 0.15) is 11.8 Å². The molecule has 0 amide bonds. The van der Waals surface area contributed by atoms with Crippen molar-refractivity contribution in [3.8, 4) is 17.3 Å². The van der Waals surface area contributed by atoms with Crippen LogP contribution in [-0.4, -0.2) is 18.1 Å². The molecule has 1 aromatic heterocycles. The minimum absolute atomic E-state index is 0.233. The highest BCUT2D eigenvalue weighted by Gasteiger charge is 2.30. The van der Waals surface area contributed by atoms with Gasteiger partial charge in [-0.15, -0.1) is 0 Å². The van der Waals surface area contributed by atoms with Gasteiger partial charge >= 0.3 is 6.18 Å². The Morgan fingerprint density at radius 2 is 1.83 bits per heavy atom. The predicted octanol–water partition coefficient (Wildman–Crippen LogP) is 5.53. The van der Waals surface area contributed by atoms with E-state index in [1.165, 1.54) is 18.2 Å². The fraction of sp³-hybridized carbons (Fsp3) is 0.182. The van der Waals surface area contributed by atoms with Crippen molar-refractivity contribution in [2.45, 2.75) is 12.7 Å². The van der Waals surface area contributed by atoms with Crippen molar-refractivity contribution >= 4 is 23.0 Å². The summed E-state index contributed by atoms with van der Waals surface area (Å²) in [6.07, 6.45) is -4.36. The summed E-state index contributed by atoms with van der Waals surface area (Å²) in [5.41, 5.74) is 3.53. The zero-order chi connectivity index (χ0) is 21.3. The van der Waals surface area contributed by atoms with Crippen LogP contribution < -0.4 is 10.2 Å². The summed E-state index contributed by atoms with van der Waals surface area (Å²) in [5.74, 6) is 0. The van der Waals surface area contributed by atoms with Crippen molar-refractivity contribution in [3.05, 3.63) is 76.4 Å². The number of nitrogens with zero attached hydrogens (tertiary/aromatic N) is 3. The van der Waals surface area contributed by atoms with Crippen LogP contribution in [0.5, 0.6) is 0 Å². The fourth-order valence-electron chi connectivity index (χ4n) is 3.49. The van der Waals surface area contributed by atoms with Crippen LogP contribution in [0.3, 0.4) is 0 Å². The Morgan fingerprint density at radius 3 is 2.53 bits per heavy atom. The zero-order valence-electron chi connectivity index (χ0n) is 15.7. The molecule has 2 heterocycles. The molecule has 0 atom stereocenters. The topological polar surface area (TPSA) is 52.0 Å². The van der Waals surface area contributed by atoms with Crippen LogP contribution >= 0.6 is 11.6 Å². The van der Waals surface area contributed by atoms with Crippen LogP contribution in [0, 0.1) is 11.3 Å². The number of benzene rings is 2. The summed E-state index contributed by atoms with van der Waals surface area (Å²) >= 11 is 6.10. The normalized spacial score (nSPS) is 14.0. The van der Waals surface area contributed by atoms with E-state index in [1.54, 1.807) is 6.07 Å². The Labute approximate surface area is 176 Å². The molecule has 0 fully saturated rings. The molecular formula is C22H16ClF3N4. The van der Waals surface area contributed by atoms with Crippen molar-refractivity contribution < 1.29 is 13.2 Å². The average Bonchev–Trinajstić information content (AvgIpc) is 2.94. The Bertz CT molecular complexity index is 1120. The van der Waals surface area contributed by atoms with Crippen LogP contribution in [0.4, 0.5) is 24.5 Å². The monoisotopic (exact) mass is 428 g/mol. The summed E-state index contributed by atoms with van der Waals surface area (Å²) in [5, 5.41) is 12.9. The smallest absolute Gasteiger partial charge is 0.340 e. The molecule has 1 aliphatic rings. The van der Waals surface area contributed by atoms with E-state index in [-0.39, 0.29) is 5.69 Å². The van der Waals surface area contributed by atoms with Gasteiger partial charge < -0.3 is 10.2 Å². The summed E-state index contributed by atoms with van der Waals surface area (Å²) in [6.45, 7) is 1.90. The molecule has 8 heteroatoms. The third kappa shape index (κ3) is 4.11. The molecule has 4 nitrogen and oxygen atoms in total. The lowest BCUT2D eigenvalue weighted by Gasteiger charge is -2.25. The highest BCUT2D eigenvalue weighted by Crippen LogP contribution is 2.35. The summed E-state index contributed by atoms with van der Waals surface area (Å²) in [4.78, 5) is 6.31. The summed E-state index contributed by atoms with van der Waals surface area (Å²) in [6, 6.07) is 16.1. The summed E-state index contributed by atoms with van der Waals surface area (Å²) in [7, 11) is 0. The highest BCUT2D eigenvalue weighted by molar-refractivity contribution is 6.30. The second-order valence-electron chi connectivity index (χ2n) is 6.88. The largest absolute Gasteiger partial charge is 0.416 e. The molecule has 0 aliphatic carbocycles. The lowest BCUT2D eigenvalue weighted by molar-refractivity contribution is -0.137. The number of nitriles is 1. The predicted molar refractivity (Wildman–Crippen MR) is 110 cm³/mol. The van der Waals surface area contributed by atoms with E-state index in [0.717, 1.165) is 28.9 Å². The maximum absolute atomic E-state index is 12.9. The maximum atomic E-state index is 12.9. The van der Waals surface area contributed by atoms with Gasteiger partial charge in [0.05, 0.1) is 11.3 Å². The van der Waals surface area contributed by atoms with E-state index in [0.29, 0.717) is 36.0 Å². The number of hydrogen-bond acceptors (Lipinski definition) is 4. The first-order chi connectivity index (χ1) is 14.3. The standard InChI is InChI=1S/C22H16ClF3N4/c23-17-10-18(12-27)29-20(11-17)14-1-6-21-15(9-14)13-28-7-8-30(21)19-4-2-16(3-5-19)22(24,25)26/h1-6,9-11,28H,7-8,13H2. The molecule has 0 bridgehead atoms. The quantitative estimate of drug-likeness (QED) is 0.582. The van der Waals surface area contributed by atoms with E-state index in [9.17, 15) is 13.2 Å². The fourth-order valence-corrected chi connectivity index (χ4v) is 3.69. The Kier molecular flexibility index (Phi) is 5.37. The van der Waals surface area contributed by atoms with Crippen LogP contribution in [0.1, 0.15) is 16.8 Å². The molecule has 0 radical (unpaired) electrons. The number of rotatable bonds is 2. The minimum atomic E-state index is -4.36. The third-order valence-electron chi connectivity index (χ3n) is 4.90. The molecule has 152 valence electrons. The maximum Gasteiger partial charge on any atom is 0.416 e. The van der Waals surface area contributed by atoms with Crippen LogP contribution in [0.25, 0.3) is 11.3 Å². The minimum Gasteiger partial charge on any atom is -0.340 e. The van der Waals surface area contributed by atoms with Crippen LogP contribution in [0.2, 0.25) is 5.02 Å². The van der Waals surface area contributed by atoms with E-state index in [1.807, 2.05) is 29.2 Å². The second kappa shape index (κ2) is 7.98. The molecule has 0 unspecified atom stereocenters. The van der Waals surface area contributed by atoms with Gasteiger partial charge in [0.25, 0.3) is 0 Å². The molecule has 3 aromatic rings. The molecule has 1 aliphatic heterocycles. The number of hydrogen-bond donors (Lipinski definition) is 1. The number of nitrogens with one attached hydrogen (secondary N) is 1. The first-order valence-corrected chi connectivity index (χ1v) is 9.59. The van der Waals surface area contributed by atoms with E-state index in [4.69, 9.17) is 16.9 Å². The molecule has 1 N–H and O–H groups in total. The number of pyridine rings is 1. The molecule has 0 saturated carbocycles. The van der Waals surface area contributed by atoms with Crippen molar-refractivity contribution in [1.29, 1.82) is 5.26 Å². The van der Waals surface area contributed by atoms with Gasteiger partial charge in [-0.1, -0.05) is 17.7 Å². The number of halogens is 4. The van der Waals surface area contributed by atoms with Gasteiger partial charge in [-0.05, 0) is 54.1 Å². The van der Waals surface area contributed by atoms with Gasteiger partial charge in [-0.25, -0.2) is 4.98 Å². The van der Waals surface area contributed by atoms with Crippen molar-refractivity contribution in [1.82, 2.24) is 10.3 Å². The van der Waals surface area contributed by atoms with Gasteiger partial charge in [-0.2, -0.15) is 18.4 Å². The second-order valence-corrected chi connectivity index (χ2v) is 7.32. The number of alkyl halides is 3. The van der Waals surface area contributed by atoms with Gasteiger partial charge in [0, 0.05) is 41.6 Å². The number of anilines is 2. The Morgan fingerprint density at radius 1 is 1.07 bits per heavy atom. The highest BCUT2D eigenvalue weighted by atomic mass is 35.5. The number of fused-ring (bicyclic) bond motifs is 1. The summed E-state index contributed by atoms with van der Waals surface area (Å²) < 4.78 is 38.7. The van der Waals surface area contributed by atoms with Crippen molar-refractivity contribution in [2.75, 3.05) is 18.0 Å². The molecule has 4 rings (SSSR count). The molecule has 0 saturated heterocycles.